The summed E-state index contributed by atoms with van der Waals surface area (Å²) in [5.41, 5.74) is 1.04. The number of ether oxygens (including phenoxy) is 2. The third kappa shape index (κ3) is 5.18. The molecule has 0 atom stereocenters. The number of carbonyl (C=O) groups excluding carboxylic acids is 2. The van der Waals surface area contributed by atoms with E-state index in [1.807, 2.05) is 6.07 Å². The Bertz CT molecular complexity index is 771. The van der Waals surface area contributed by atoms with Crippen LogP contribution in [-0.2, 0) is 9.53 Å². The van der Waals surface area contributed by atoms with Gasteiger partial charge in [0, 0.05) is 18.7 Å². The molecule has 0 unspecified atom stereocenters. The Hall–Kier alpha value is -3.13. The maximum atomic E-state index is 12.1. The zero-order valence-corrected chi connectivity index (χ0v) is 15.1. The molecule has 142 valence electrons. The highest BCUT2D eigenvalue weighted by molar-refractivity contribution is 5.99. The number of nitrogens with one attached hydrogen (secondary N) is 2. The first-order chi connectivity index (χ1) is 13.2. The van der Waals surface area contributed by atoms with Crippen molar-refractivity contribution in [3.63, 3.8) is 0 Å². The first-order valence-electron chi connectivity index (χ1n) is 8.66. The quantitative estimate of drug-likeness (QED) is 0.796. The van der Waals surface area contributed by atoms with Crippen LogP contribution < -0.4 is 20.3 Å². The minimum Gasteiger partial charge on any atom is -0.497 e. The number of hydrogen-bond acceptors (Lipinski definition) is 6. The molecule has 1 saturated heterocycles. The Morgan fingerprint density at radius 1 is 1.15 bits per heavy atom. The van der Waals surface area contributed by atoms with E-state index >= 15 is 0 Å². The number of anilines is 2. The summed E-state index contributed by atoms with van der Waals surface area (Å²) in [5, 5.41) is 5.30. The summed E-state index contributed by atoms with van der Waals surface area (Å²) >= 11 is 0. The minimum atomic E-state index is -0.325. The fraction of sp³-hybridized carbons (Fsp3) is 0.316. The monoisotopic (exact) mass is 370 g/mol. The number of morpholine rings is 1. The average Bonchev–Trinajstić information content (AvgIpc) is 2.73. The lowest BCUT2D eigenvalue weighted by molar-refractivity contribution is -0.115. The van der Waals surface area contributed by atoms with Gasteiger partial charge in [-0.05, 0) is 36.4 Å². The van der Waals surface area contributed by atoms with E-state index in [1.54, 1.807) is 43.6 Å². The van der Waals surface area contributed by atoms with Gasteiger partial charge in [0.05, 0.1) is 38.8 Å². The Balaban J connectivity index is 1.47. The van der Waals surface area contributed by atoms with Crippen LogP contribution >= 0.6 is 0 Å². The highest BCUT2D eigenvalue weighted by Gasteiger charge is 2.13. The van der Waals surface area contributed by atoms with Gasteiger partial charge in [-0.25, -0.2) is 4.98 Å². The van der Waals surface area contributed by atoms with Crippen LogP contribution in [0.4, 0.5) is 11.5 Å². The molecule has 1 aliphatic heterocycles. The van der Waals surface area contributed by atoms with E-state index in [0.717, 1.165) is 18.9 Å². The molecule has 2 heterocycles. The van der Waals surface area contributed by atoms with Crippen LogP contribution in [0.1, 0.15) is 10.4 Å². The molecule has 1 fully saturated rings. The number of nitrogens with zero attached hydrogens (tertiary/aromatic N) is 2. The van der Waals surface area contributed by atoms with Gasteiger partial charge in [0.2, 0.25) is 5.91 Å². The van der Waals surface area contributed by atoms with Gasteiger partial charge in [0.1, 0.15) is 11.6 Å². The number of aromatic nitrogens is 1. The molecule has 2 aromatic rings. The summed E-state index contributed by atoms with van der Waals surface area (Å²) in [6, 6.07) is 10.3. The highest BCUT2D eigenvalue weighted by Crippen LogP contribution is 2.15. The Kier molecular flexibility index (Phi) is 6.22. The number of hydrogen-bond donors (Lipinski definition) is 2. The molecular weight excluding hydrogens is 348 g/mol. The van der Waals surface area contributed by atoms with Crippen molar-refractivity contribution in [1.82, 2.24) is 10.3 Å². The summed E-state index contributed by atoms with van der Waals surface area (Å²) in [5.74, 6) is 0.868. The van der Waals surface area contributed by atoms with Crippen LogP contribution in [-0.4, -0.2) is 56.8 Å². The molecule has 27 heavy (non-hydrogen) atoms. The maximum Gasteiger partial charge on any atom is 0.251 e. The lowest BCUT2D eigenvalue weighted by Crippen LogP contribution is -2.36. The van der Waals surface area contributed by atoms with E-state index < -0.39 is 0 Å². The lowest BCUT2D eigenvalue weighted by atomic mass is 10.2. The van der Waals surface area contributed by atoms with Gasteiger partial charge in [0.15, 0.2) is 0 Å². The SMILES string of the molecule is COc1ccc(C(=O)NCC(=O)Nc2ccc(N3CCOCC3)nc2)cc1. The average molecular weight is 370 g/mol. The van der Waals surface area contributed by atoms with Crippen molar-refractivity contribution >= 4 is 23.3 Å². The lowest BCUT2D eigenvalue weighted by Gasteiger charge is -2.27. The Morgan fingerprint density at radius 2 is 1.89 bits per heavy atom. The Labute approximate surface area is 157 Å². The normalized spacial score (nSPS) is 13.7. The van der Waals surface area contributed by atoms with Gasteiger partial charge in [-0.3, -0.25) is 9.59 Å². The van der Waals surface area contributed by atoms with Crippen LogP contribution in [0.25, 0.3) is 0 Å². The number of methoxy groups -OCH3 is 1. The first kappa shape index (κ1) is 18.7. The summed E-state index contributed by atoms with van der Waals surface area (Å²) in [6.45, 7) is 2.85. The van der Waals surface area contributed by atoms with Gasteiger partial charge in [-0.2, -0.15) is 0 Å². The van der Waals surface area contributed by atoms with E-state index in [-0.39, 0.29) is 18.4 Å². The largest absolute Gasteiger partial charge is 0.497 e. The minimum absolute atomic E-state index is 0.129. The molecule has 0 bridgehead atoms. The highest BCUT2D eigenvalue weighted by atomic mass is 16.5. The van der Waals surface area contributed by atoms with Crippen molar-refractivity contribution in [2.24, 2.45) is 0 Å². The van der Waals surface area contributed by atoms with Gasteiger partial charge >= 0.3 is 0 Å². The fourth-order valence-corrected chi connectivity index (χ4v) is 2.65. The van der Waals surface area contributed by atoms with E-state index in [2.05, 4.69) is 20.5 Å². The van der Waals surface area contributed by atoms with Gasteiger partial charge in [-0.15, -0.1) is 0 Å². The molecule has 2 amide bonds. The molecule has 8 nitrogen and oxygen atoms in total. The molecule has 0 radical (unpaired) electrons. The molecule has 0 saturated carbocycles. The third-order valence-electron chi connectivity index (χ3n) is 4.13. The number of carbonyl (C=O) groups is 2. The zero-order chi connectivity index (χ0) is 19.1. The van der Waals surface area contributed by atoms with Crippen molar-refractivity contribution in [3.8, 4) is 5.75 Å². The third-order valence-corrected chi connectivity index (χ3v) is 4.13. The molecule has 1 aromatic carbocycles. The zero-order valence-electron chi connectivity index (χ0n) is 15.1. The summed E-state index contributed by atoms with van der Waals surface area (Å²) in [6.07, 6.45) is 1.61. The van der Waals surface area contributed by atoms with E-state index in [1.165, 1.54) is 0 Å². The van der Waals surface area contributed by atoms with E-state index in [0.29, 0.717) is 30.2 Å². The predicted molar refractivity (Wildman–Crippen MR) is 101 cm³/mol. The number of rotatable bonds is 6. The Morgan fingerprint density at radius 3 is 2.52 bits per heavy atom. The molecule has 1 aromatic heterocycles. The molecule has 0 aliphatic carbocycles. The second-order valence-electron chi connectivity index (χ2n) is 5.96. The van der Waals surface area contributed by atoms with Crippen molar-refractivity contribution in [3.05, 3.63) is 48.2 Å². The van der Waals surface area contributed by atoms with Crippen LogP contribution in [0, 0.1) is 0 Å². The molecule has 0 spiro atoms. The fourth-order valence-electron chi connectivity index (χ4n) is 2.65. The second-order valence-corrected chi connectivity index (χ2v) is 5.96. The van der Waals surface area contributed by atoms with Crippen molar-refractivity contribution < 1.29 is 19.1 Å². The number of amides is 2. The standard InChI is InChI=1S/C19H22N4O4/c1-26-16-5-2-14(3-6-16)19(25)21-13-18(24)22-15-4-7-17(20-12-15)23-8-10-27-11-9-23/h2-7,12H,8-11,13H2,1H3,(H,21,25)(H,22,24). The molecule has 2 N–H and O–H groups in total. The van der Waals surface area contributed by atoms with Crippen molar-refractivity contribution in [2.75, 3.05) is 50.2 Å². The smallest absolute Gasteiger partial charge is 0.251 e. The molecule has 3 rings (SSSR count). The summed E-state index contributed by atoms with van der Waals surface area (Å²) < 4.78 is 10.4. The van der Waals surface area contributed by atoms with Crippen molar-refractivity contribution in [2.45, 2.75) is 0 Å². The molecule has 8 heteroatoms. The summed E-state index contributed by atoms with van der Waals surface area (Å²) in [4.78, 5) is 30.6. The van der Waals surface area contributed by atoms with E-state index in [4.69, 9.17) is 9.47 Å². The second kappa shape index (κ2) is 9.00. The molecular formula is C19H22N4O4. The van der Waals surface area contributed by atoms with E-state index in [9.17, 15) is 9.59 Å². The maximum absolute atomic E-state index is 12.1. The topological polar surface area (TPSA) is 92.8 Å². The van der Waals surface area contributed by atoms with Crippen molar-refractivity contribution in [1.29, 1.82) is 0 Å². The van der Waals surface area contributed by atoms with Gasteiger partial charge in [0.25, 0.3) is 5.91 Å². The van der Waals surface area contributed by atoms with Crippen LogP contribution in [0.5, 0.6) is 5.75 Å². The number of benzene rings is 1. The van der Waals surface area contributed by atoms with Gasteiger partial charge < -0.3 is 25.0 Å². The number of pyridine rings is 1. The van der Waals surface area contributed by atoms with Crippen LogP contribution in [0.3, 0.4) is 0 Å². The van der Waals surface area contributed by atoms with Crippen LogP contribution in [0.2, 0.25) is 0 Å². The summed E-state index contributed by atoms with van der Waals surface area (Å²) in [7, 11) is 1.56. The first-order valence-corrected chi connectivity index (χ1v) is 8.66. The molecule has 1 aliphatic rings. The predicted octanol–water partition coefficient (Wildman–Crippen LogP) is 1.30. The van der Waals surface area contributed by atoms with Gasteiger partial charge in [-0.1, -0.05) is 0 Å². The van der Waals surface area contributed by atoms with Crippen LogP contribution in [0.15, 0.2) is 42.6 Å².